The van der Waals surface area contributed by atoms with Crippen molar-refractivity contribution in [2.24, 2.45) is 17.8 Å². The molecule has 1 rings (SSSR count). The van der Waals surface area contributed by atoms with Crippen molar-refractivity contribution in [2.45, 2.75) is 234 Å². The number of ether oxygens (including phenoxy) is 5. The number of hydrogen-bond acceptors (Lipinski definition) is 10. The highest BCUT2D eigenvalue weighted by atomic mass is 16.6. The molecule has 0 radical (unpaired) electrons. The van der Waals surface area contributed by atoms with Crippen LogP contribution in [0.1, 0.15) is 179 Å². The van der Waals surface area contributed by atoms with Gasteiger partial charge in [-0.1, -0.05) is 129 Å². The van der Waals surface area contributed by atoms with Crippen LogP contribution in [0.15, 0.2) is 30.3 Å². The molecule has 64 heavy (non-hydrogen) atoms. The Morgan fingerprint density at radius 3 is 1.78 bits per heavy atom. The van der Waals surface area contributed by atoms with E-state index in [4.69, 9.17) is 23.7 Å². The summed E-state index contributed by atoms with van der Waals surface area (Å²) in [6, 6.07) is 5.62. The number of rotatable bonds is 34. The molecule has 0 saturated heterocycles. The van der Waals surface area contributed by atoms with E-state index < -0.39 is 59.8 Å². The predicted molar refractivity (Wildman–Crippen MR) is 255 cm³/mol. The maximum atomic E-state index is 14.5. The lowest BCUT2D eigenvalue weighted by molar-refractivity contribution is -0.165. The fourth-order valence-electron chi connectivity index (χ4n) is 7.52. The molecule has 0 aromatic heterocycles. The van der Waals surface area contributed by atoms with E-state index in [9.17, 15) is 24.3 Å². The van der Waals surface area contributed by atoms with E-state index in [1.54, 1.807) is 20.8 Å². The van der Waals surface area contributed by atoms with Crippen molar-refractivity contribution in [1.82, 2.24) is 16.0 Å². The molecule has 0 spiro atoms. The van der Waals surface area contributed by atoms with Crippen LogP contribution in [0.3, 0.4) is 0 Å². The highest BCUT2D eigenvalue weighted by Crippen LogP contribution is 2.28. The summed E-state index contributed by atoms with van der Waals surface area (Å²) in [4.78, 5) is 54.9. The summed E-state index contributed by atoms with van der Waals surface area (Å²) in [5.41, 5.74) is 0.0713. The zero-order chi connectivity index (χ0) is 48.2. The number of aliphatic hydroxyl groups excluding tert-OH is 1. The first-order chi connectivity index (χ1) is 30.1. The normalized spacial score (nSPS) is 15.8. The van der Waals surface area contributed by atoms with E-state index in [2.05, 4.69) is 29.8 Å². The van der Waals surface area contributed by atoms with E-state index in [0.717, 1.165) is 24.8 Å². The lowest BCUT2D eigenvalue weighted by atomic mass is 9.86. The molecule has 1 aromatic rings. The molecule has 0 aliphatic heterocycles. The second kappa shape index (κ2) is 32.4. The molecule has 0 fully saturated rings. The van der Waals surface area contributed by atoms with Crippen LogP contribution in [0.2, 0.25) is 0 Å². The fraction of sp³-hybridized carbons (Fsp3) is 0.804. The smallest absolute Gasteiger partial charge is 0.408 e. The van der Waals surface area contributed by atoms with Crippen molar-refractivity contribution in [2.75, 3.05) is 13.2 Å². The number of aliphatic hydroxyl groups is 1. The van der Waals surface area contributed by atoms with Crippen LogP contribution in [0.5, 0.6) is 0 Å². The summed E-state index contributed by atoms with van der Waals surface area (Å²) in [6.07, 6.45) is 10.8. The molecule has 0 aliphatic carbocycles. The third-order valence-corrected chi connectivity index (χ3v) is 10.9. The maximum absolute atomic E-state index is 14.5. The topological polar surface area (TPSA) is 171 Å². The minimum Gasteiger partial charge on any atom is -0.460 e. The minimum atomic E-state index is -1.48. The van der Waals surface area contributed by atoms with Crippen LogP contribution in [-0.4, -0.2) is 96.4 Å². The van der Waals surface area contributed by atoms with Gasteiger partial charge in [-0.3, -0.25) is 9.59 Å². The number of carbonyl (C=O) groups excluding carboxylic acids is 4. The van der Waals surface area contributed by atoms with Crippen molar-refractivity contribution in [3.63, 3.8) is 0 Å². The molecule has 0 bridgehead atoms. The summed E-state index contributed by atoms with van der Waals surface area (Å²) in [7, 11) is 0. The molecule has 0 heterocycles. The van der Waals surface area contributed by atoms with Gasteiger partial charge in [0.25, 0.3) is 0 Å². The first-order valence-corrected chi connectivity index (χ1v) is 24.5. The summed E-state index contributed by atoms with van der Waals surface area (Å²) >= 11 is 0. The van der Waals surface area contributed by atoms with Crippen molar-refractivity contribution in [3.8, 4) is 0 Å². The van der Waals surface area contributed by atoms with Crippen LogP contribution in [-0.2, 0) is 44.7 Å². The Labute approximate surface area is 388 Å². The Bertz CT molecular complexity index is 1420. The molecule has 13 nitrogen and oxygen atoms in total. The average molecular weight is 906 g/mol. The van der Waals surface area contributed by atoms with Crippen LogP contribution in [0.25, 0.3) is 0 Å². The van der Waals surface area contributed by atoms with Crippen molar-refractivity contribution < 1.29 is 48.0 Å². The highest BCUT2D eigenvalue weighted by molar-refractivity contribution is 5.93. The number of benzene rings is 1. The Hall–Kier alpha value is -3.26. The summed E-state index contributed by atoms with van der Waals surface area (Å²) < 4.78 is 30.4. The lowest BCUT2D eigenvalue weighted by Crippen LogP contribution is -2.60. The van der Waals surface area contributed by atoms with Crippen LogP contribution < -0.4 is 16.0 Å². The number of alkyl carbamates (subject to hydrolysis) is 1. The molecular weight excluding hydrogens is 815 g/mol. The summed E-state index contributed by atoms with van der Waals surface area (Å²) in [5, 5.41) is 18.8. The van der Waals surface area contributed by atoms with Gasteiger partial charge in [0.15, 0.2) is 6.04 Å². The average Bonchev–Trinajstić information content (AvgIpc) is 3.20. The molecule has 3 amide bonds. The van der Waals surface area contributed by atoms with Gasteiger partial charge in [-0.05, 0) is 86.1 Å². The Balaban J connectivity index is 3.40. The SMILES string of the molecule is CCCCCCCCCCCCC[C@@H](OC(=O)[C@H](COCc1ccccc1)NC(=O)[C@@H](NC(=O)[C@H](CC(C)C)NC(=O)OC(C)(C)C)[C@@H](C)O)[C@H](C)[C@@H](OC(C)C)[C@@H](C)COC(C)C. The quantitative estimate of drug-likeness (QED) is 0.0386. The van der Waals surface area contributed by atoms with Crippen LogP contribution in [0.4, 0.5) is 4.79 Å². The Morgan fingerprint density at radius 1 is 0.688 bits per heavy atom. The van der Waals surface area contributed by atoms with Gasteiger partial charge in [-0.25, -0.2) is 9.59 Å². The van der Waals surface area contributed by atoms with E-state index in [1.165, 1.54) is 58.3 Å². The summed E-state index contributed by atoms with van der Waals surface area (Å²) in [5.74, 6) is -2.46. The Kier molecular flexibility index (Phi) is 29.8. The monoisotopic (exact) mass is 906 g/mol. The molecule has 370 valence electrons. The standard InChI is InChI=1S/C51H91N3O10/c1-14-15-16-17-18-19-20-21-22-23-27-30-44(39(9)46(62-37(6)7)38(8)32-61-36(4)5)63-49(58)43(34-60-33-41-28-25-24-26-29-41)52-48(57)45(40(10)55)54-47(56)42(31-35(2)3)53-50(59)64-51(11,12)13/h24-26,28-29,35-40,42-46,55H,14-23,27,30-34H2,1-13H3,(H,52,57)(H,53,59)(H,54,56)/t38-,39-,40+,42-,43-,44+,45-,46-/m0/s1. The van der Waals surface area contributed by atoms with E-state index in [-0.39, 0.29) is 55.7 Å². The van der Waals surface area contributed by atoms with Crippen LogP contribution >= 0.6 is 0 Å². The van der Waals surface area contributed by atoms with Crippen LogP contribution in [0, 0.1) is 17.8 Å². The molecule has 13 heteroatoms. The van der Waals surface area contributed by atoms with Gasteiger partial charge in [0, 0.05) is 11.8 Å². The third-order valence-electron chi connectivity index (χ3n) is 10.9. The number of amides is 3. The molecular formula is C51H91N3O10. The van der Waals surface area contributed by atoms with Gasteiger partial charge in [-0.2, -0.15) is 0 Å². The van der Waals surface area contributed by atoms with Gasteiger partial charge < -0.3 is 44.7 Å². The molecule has 4 N–H and O–H groups in total. The molecule has 1 aromatic carbocycles. The van der Waals surface area contributed by atoms with Crippen molar-refractivity contribution >= 4 is 23.9 Å². The number of nitrogens with one attached hydrogen (secondary N) is 3. The predicted octanol–water partition coefficient (Wildman–Crippen LogP) is 9.60. The minimum absolute atomic E-state index is 0.0113. The van der Waals surface area contributed by atoms with Gasteiger partial charge in [-0.15, -0.1) is 0 Å². The zero-order valence-corrected chi connectivity index (χ0v) is 42.2. The maximum Gasteiger partial charge on any atom is 0.408 e. The fourth-order valence-corrected chi connectivity index (χ4v) is 7.52. The molecule has 0 unspecified atom stereocenters. The first kappa shape index (κ1) is 58.8. The highest BCUT2D eigenvalue weighted by Gasteiger charge is 2.37. The van der Waals surface area contributed by atoms with Gasteiger partial charge >= 0.3 is 12.1 Å². The van der Waals surface area contributed by atoms with Gasteiger partial charge in [0.2, 0.25) is 11.8 Å². The number of hydrogen-bond donors (Lipinski definition) is 4. The van der Waals surface area contributed by atoms with Crippen molar-refractivity contribution in [1.29, 1.82) is 0 Å². The molecule has 8 atom stereocenters. The zero-order valence-electron chi connectivity index (χ0n) is 42.2. The van der Waals surface area contributed by atoms with E-state index in [0.29, 0.717) is 13.0 Å². The van der Waals surface area contributed by atoms with Gasteiger partial charge in [0.05, 0.1) is 44.2 Å². The molecule has 0 saturated carbocycles. The number of carbonyl (C=O) groups is 4. The second-order valence-corrected chi connectivity index (χ2v) is 19.8. The van der Waals surface area contributed by atoms with E-state index in [1.807, 2.05) is 78.8 Å². The third kappa shape index (κ3) is 26.6. The lowest BCUT2D eigenvalue weighted by Gasteiger charge is -2.36. The number of esters is 1. The van der Waals surface area contributed by atoms with Gasteiger partial charge in [0.1, 0.15) is 23.8 Å². The molecule has 0 aliphatic rings. The number of unbranched alkanes of at least 4 members (excludes halogenated alkanes) is 10. The van der Waals surface area contributed by atoms with E-state index >= 15 is 0 Å². The van der Waals surface area contributed by atoms with Crippen molar-refractivity contribution in [3.05, 3.63) is 35.9 Å². The first-order valence-electron chi connectivity index (χ1n) is 24.5. The largest absolute Gasteiger partial charge is 0.460 e. The Morgan fingerprint density at radius 2 is 1.27 bits per heavy atom. The second-order valence-electron chi connectivity index (χ2n) is 19.8. The summed E-state index contributed by atoms with van der Waals surface area (Å²) in [6.45, 7) is 25.1.